The molecule has 0 aromatic heterocycles. The number of hydrogen-bond acceptors (Lipinski definition) is 4. The van der Waals surface area contributed by atoms with Gasteiger partial charge in [0.2, 0.25) is 0 Å². The molecule has 0 radical (unpaired) electrons. The van der Waals surface area contributed by atoms with Crippen molar-refractivity contribution in [2.75, 3.05) is 12.9 Å². The molecule has 116 valence electrons. The molecule has 0 heterocycles. The lowest BCUT2D eigenvalue weighted by molar-refractivity contribution is 0.101. The standard InChI is InChI=1S/C15H19FO4S/c1-20-15-8-7-11(16)9-13(15)14(17)10-21(18,19)12-5-3-2-4-6-12/h7-9,12H,2-6,10H2,1H3. The van der Waals surface area contributed by atoms with Crippen LogP contribution in [0.3, 0.4) is 0 Å². The molecule has 1 fully saturated rings. The normalized spacial score (nSPS) is 16.7. The van der Waals surface area contributed by atoms with Gasteiger partial charge < -0.3 is 4.74 Å². The molecule has 0 unspecified atom stereocenters. The first-order valence-electron chi connectivity index (χ1n) is 7.02. The fourth-order valence-electron chi connectivity index (χ4n) is 2.70. The Balaban J connectivity index is 2.19. The van der Waals surface area contributed by atoms with Crippen LogP contribution >= 0.6 is 0 Å². The Kier molecular flexibility index (Phi) is 4.98. The maximum atomic E-state index is 13.3. The maximum absolute atomic E-state index is 13.3. The molecular formula is C15H19FO4S. The Bertz CT molecular complexity index is 619. The van der Waals surface area contributed by atoms with Crippen LogP contribution < -0.4 is 4.74 Å². The Morgan fingerprint density at radius 1 is 1.29 bits per heavy atom. The van der Waals surface area contributed by atoms with Gasteiger partial charge in [0.25, 0.3) is 0 Å². The van der Waals surface area contributed by atoms with Gasteiger partial charge >= 0.3 is 0 Å². The zero-order valence-electron chi connectivity index (χ0n) is 12.0. The number of sulfone groups is 1. The van der Waals surface area contributed by atoms with Crippen LogP contribution in [-0.2, 0) is 9.84 Å². The number of benzene rings is 1. The predicted octanol–water partition coefficient (Wildman–Crippen LogP) is 2.76. The minimum atomic E-state index is -3.50. The molecule has 1 aliphatic rings. The quantitative estimate of drug-likeness (QED) is 0.784. The van der Waals surface area contributed by atoms with E-state index < -0.39 is 32.4 Å². The number of methoxy groups -OCH3 is 1. The van der Waals surface area contributed by atoms with Crippen molar-refractivity contribution in [3.8, 4) is 5.75 Å². The smallest absolute Gasteiger partial charge is 0.181 e. The molecule has 2 rings (SSSR count). The largest absolute Gasteiger partial charge is 0.496 e. The van der Waals surface area contributed by atoms with Gasteiger partial charge in [-0.15, -0.1) is 0 Å². The average Bonchev–Trinajstić information content (AvgIpc) is 2.47. The summed E-state index contributed by atoms with van der Waals surface area (Å²) in [5, 5.41) is -0.449. The minimum absolute atomic E-state index is 0.0168. The summed E-state index contributed by atoms with van der Waals surface area (Å²) in [4.78, 5) is 12.2. The number of carbonyl (C=O) groups excluding carboxylic acids is 1. The van der Waals surface area contributed by atoms with Crippen molar-refractivity contribution >= 4 is 15.6 Å². The molecule has 1 aromatic carbocycles. The molecular weight excluding hydrogens is 295 g/mol. The third-order valence-corrected chi connectivity index (χ3v) is 6.01. The van der Waals surface area contributed by atoms with Crippen molar-refractivity contribution in [1.82, 2.24) is 0 Å². The Morgan fingerprint density at radius 3 is 2.57 bits per heavy atom. The summed E-state index contributed by atoms with van der Waals surface area (Å²) >= 11 is 0. The fourth-order valence-corrected chi connectivity index (χ4v) is 4.51. The van der Waals surface area contributed by atoms with Crippen LogP contribution in [0.4, 0.5) is 4.39 Å². The molecule has 1 aromatic rings. The first-order chi connectivity index (χ1) is 9.94. The summed E-state index contributed by atoms with van der Waals surface area (Å²) < 4.78 is 42.9. The molecule has 0 saturated heterocycles. The lowest BCUT2D eigenvalue weighted by atomic mass is 10.0. The van der Waals surface area contributed by atoms with Crippen molar-refractivity contribution in [2.45, 2.75) is 37.4 Å². The summed E-state index contributed by atoms with van der Waals surface area (Å²) in [5.41, 5.74) is -0.0168. The summed E-state index contributed by atoms with van der Waals surface area (Å²) in [7, 11) is -2.14. The van der Waals surface area contributed by atoms with Crippen molar-refractivity contribution in [3.63, 3.8) is 0 Å². The number of ether oxygens (including phenoxy) is 1. The summed E-state index contributed by atoms with van der Waals surface area (Å²) in [6.45, 7) is 0. The van der Waals surface area contributed by atoms with E-state index in [1.54, 1.807) is 0 Å². The van der Waals surface area contributed by atoms with Crippen molar-refractivity contribution in [3.05, 3.63) is 29.6 Å². The van der Waals surface area contributed by atoms with Crippen molar-refractivity contribution < 1.29 is 22.3 Å². The van der Waals surface area contributed by atoms with E-state index >= 15 is 0 Å². The second kappa shape index (κ2) is 6.56. The van der Waals surface area contributed by atoms with Gasteiger partial charge in [-0.2, -0.15) is 0 Å². The molecule has 1 saturated carbocycles. The Labute approximate surface area is 124 Å². The van der Waals surface area contributed by atoms with E-state index in [1.165, 1.54) is 19.2 Å². The second-order valence-electron chi connectivity index (χ2n) is 5.33. The van der Waals surface area contributed by atoms with Gasteiger partial charge in [-0.1, -0.05) is 19.3 Å². The van der Waals surface area contributed by atoms with Crippen molar-refractivity contribution in [2.24, 2.45) is 0 Å². The van der Waals surface area contributed by atoms with Gasteiger partial charge in [0.15, 0.2) is 15.6 Å². The van der Waals surface area contributed by atoms with Gasteiger partial charge in [0.05, 0.1) is 17.9 Å². The molecule has 4 nitrogen and oxygen atoms in total. The highest BCUT2D eigenvalue weighted by atomic mass is 32.2. The molecule has 0 N–H and O–H groups in total. The van der Waals surface area contributed by atoms with Crippen LogP contribution in [0.2, 0.25) is 0 Å². The highest BCUT2D eigenvalue weighted by Crippen LogP contribution is 2.26. The molecule has 6 heteroatoms. The van der Waals surface area contributed by atoms with E-state index in [2.05, 4.69) is 0 Å². The zero-order valence-corrected chi connectivity index (χ0v) is 12.8. The number of Topliss-reactive ketones (excluding diaryl/α,β-unsaturated/α-hetero) is 1. The average molecular weight is 314 g/mol. The summed E-state index contributed by atoms with van der Waals surface area (Å²) in [6, 6.07) is 3.53. The van der Waals surface area contributed by atoms with Crippen molar-refractivity contribution in [1.29, 1.82) is 0 Å². The lowest BCUT2D eigenvalue weighted by Crippen LogP contribution is -2.30. The highest BCUT2D eigenvalue weighted by Gasteiger charge is 2.30. The molecule has 1 aliphatic carbocycles. The van der Waals surface area contributed by atoms with Crippen LogP contribution in [0.1, 0.15) is 42.5 Å². The van der Waals surface area contributed by atoms with Crippen LogP contribution in [0, 0.1) is 5.82 Å². The molecule has 0 amide bonds. The summed E-state index contributed by atoms with van der Waals surface area (Å²) in [6.07, 6.45) is 4.01. The monoisotopic (exact) mass is 314 g/mol. The molecule has 0 atom stereocenters. The number of halogens is 1. The van der Waals surface area contributed by atoms with Gasteiger partial charge in [-0.05, 0) is 31.0 Å². The fraction of sp³-hybridized carbons (Fsp3) is 0.533. The first kappa shape index (κ1) is 15.9. The van der Waals surface area contributed by atoms with Crippen LogP contribution in [-0.4, -0.2) is 32.3 Å². The Hall–Kier alpha value is -1.43. The third-order valence-electron chi connectivity index (χ3n) is 3.85. The maximum Gasteiger partial charge on any atom is 0.181 e. The number of carbonyl (C=O) groups is 1. The highest BCUT2D eigenvalue weighted by molar-refractivity contribution is 7.92. The lowest BCUT2D eigenvalue weighted by Gasteiger charge is -2.21. The van der Waals surface area contributed by atoms with E-state index in [-0.39, 0.29) is 11.3 Å². The molecule has 21 heavy (non-hydrogen) atoms. The number of ketones is 1. The topological polar surface area (TPSA) is 60.4 Å². The van der Waals surface area contributed by atoms with Gasteiger partial charge in [0.1, 0.15) is 17.3 Å². The number of rotatable bonds is 5. The molecule has 0 aliphatic heterocycles. The Morgan fingerprint density at radius 2 is 1.95 bits per heavy atom. The molecule has 0 spiro atoms. The first-order valence-corrected chi connectivity index (χ1v) is 8.74. The van der Waals surface area contributed by atoms with E-state index in [9.17, 15) is 17.6 Å². The van der Waals surface area contributed by atoms with Gasteiger partial charge in [-0.3, -0.25) is 4.79 Å². The zero-order chi connectivity index (χ0) is 15.5. The predicted molar refractivity (Wildman–Crippen MR) is 77.9 cm³/mol. The van der Waals surface area contributed by atoms with Crippen LogP contribution in [0.15, 0.2) is 18.2 Å². The molecule has 0 bridgehead atoms. The van der Waals surface area contributed by atoms with Gasteiger partial charge in [0, 0.05) is 0 Å². The van der Waals surface area contributed by atoms with Crippen LogP contribution in [0.25, 0.3) is 0 Å². The van der Waals surface area contributed by atoms with E-state index in [1.807, 2.05) is 0 Å². The third kappa shape index (κ3) is 3.81. The van der Waals surface area contributed by atoms with Gasteiger partial charge in [-0.25, -0.2) is 12.8 Å². The summed E-state index contributed by atoms with van der Waals surface area (Å²) in [5.74, 6) is -1.59. The van der Waals surface area contributed by atoms with Crippen LogP contribution in [0.5, 0.6) is 5.75 Å². The second-order valence-corrected chi connectivity index (χ2v) is 7.62. The van der Waals surface area contributed by atoms with E-state index in [0.29, 0.717) is 12.8 Å². The van der Waals surface area contributed by atoms with E-state index in [0.717, 1.165) is 25.3 Å². The SMILES string of the molecule is COc1ccc(F)cc1C(=O)CS(=O)(=O)C1CCCCC1. The van der Waals surface area contributed by atoms with E-state index in [4.69, 9.17) is 4.74 Å². The minimum Gasteiger partial charge on any atom is -0.496 e. The number of hydrogen-bond donors (Lipinski definition) is 0.